The molecule has 0 aliphatic carbocycles. The summed E-state index contributed by atoms with van der Waals surface area (Å²) in [7, 11) is -3.58. The second-order valence-electron chi connectivity index (χ2n) is 8.48. The van der Waals surface area contributed by atoms with Gasteiger partial charge in [-0.1, -0.05) is 48.0 Å². The number of amides is 3. The van der Waals surface area contributed by atoms with Crippen molar-refractivity contribution < 1.29 is 18.0 Å². The molecule has 0 radical (unpaired) electrons. The third-order valence-corrected chi connectivity index (χ3v) is 8.09. The molecule has 2 fully saturated rings. The van der Waals surface area contributed by atoms with Crippen molar-refractivity contribution in [1.29, 1.82) is 0 Å². The molecule has 1 atom stereocenters. The molecule has 1 N–H and O–H groups in total. The van der Waals surface area contributed by atoms with Crippen LogP contribution >= 0.6 is 0 Å². The van der Waals surface area contributed by atoms with Gasteiger partial charge in [0.1, 0.15) is 5.54 Å². The van der Waals surface area contributed by atoms with Gasteiger partial charge in [0.25, 0.3) is 5.91 Å². The third kappa shape index (κ3) is 4.15. The summed E-state index contributed by atoms with van der Waals surface area (Å²) >= 11 is 0. The normalized spacial score (nSPS) is 23.2. The van der Waals surface area contributed by atoms with Gasteiger partial charge in [-0.05, 0) is 38.0 Å². The lowest BCUT2D eigenvalue weighted by Crippen LogP contribution is -2.45. The molecule has 2 aliphatic rings. The Balaban J connectivity index is 1.44. The fraction of sp³-hybridized carbons (Fsp3) is 0.391. The molecule has 0 spiro atoms. The molecule has 3 amide bonds. The summed E-state index contributed by atoms with van der Waals surface area (Å²) in [6, 6.07) is 15.6. The van der Waals surface area contributed by atoms with Gasteiger partial charge in [0.2, 0.25) is 10.0 Å². The van der Waals surface area contributed by atoms with Gasteiger partial charge in [-0.25, -0.2) is 18.1 Å². The minimum atomic E-state index is -3.58. The largest absolute Gasteiger partial charge is 0.326 e. The molecule has 2 aromatic carbocycles. The van der Waals surface area contributed by atoms with Crippen LogP contribution in [0.5, 0.6) is 0 Å². The van der Waals surface area contributed by atoms with Crippen molar-refractivity contribution in [2.24, 2.45) is 0 Å². The Morgan fingerprint density at radius 1 is 0.938 bits per heavy atom. The van der Waals surface area contributed by atoms with Gasteiger partial charge in [-0.15, -0.1) is 0 Å². The predicted molar refractivity (Wildman–Crippen MR) is 120 cm³/mol. The predicted octanol–water partition coefficient (Wildman–Crippen LogP) is 2.12. The first-order valence-electron chi connectivity index (χ1n) is 10.7. The molecule has 8 nitrogen and oxygen atoms in total. The van der Waals surface area contributed by atoms with E-state index in [0.717, 1.165) is 11.1 Å². The molecule has 32 heavy (non-hydrogen) atoms. The molecule has 2 saturated heterocycles. The van der Waals surface area contributed by atoms with E-state index in [2.05, 4.69) is 5.32 Å². The lowest BCUT2D eigenvalue weighted by atomic mass is 9.92. The van der Waals surface area contributed by atoms with Crippen LogP contribution < -0.4 is 5.32 Å². The van der Waals surface area contributed by atoms with E-state index >= 15 is 0 Å². The summed E-state index contributed by atoms with van der Waals surface area (Å²) in [6.45, 7) is 5.48. The van der Waals surface area contributed by atoms with Crippen molar-refractivity contribution in [2.75, 3.05) is 32.8 Å². The number of imide groups is 1. The van der Waals surface area contributed by atoms with E-state index in [1.807, 2.05) is 42.2 Å². The van der Waals surface area contributed by atoms with Crippen molar-refractivity contribution in [2.45, 2.75) is 30.7 Å². The Morgan fingerprint density at radius 3 is 2.31 bits per heavy atom. The number of hydrogen-bond donors (Lipinski definition) is 1. The average Bonchev–Trinajstić information content (AvgIpc) is 2.94. The molecule has 2 aliphatic heterocycles. The smallest absolute Gasteiger partial charge is 0.319 e. The van der Waals surface area contributed by atoms with E-state index in [0.29, 0.717) is 32.6 Å². The number of benzene rings is 2. The summed E-state index contributed by atoms with van der Waals surface area (Å²) in [5, 5.41) is 2.82. The molecule has 0 aromatic heterocycles. The molecular weight excluding hydrogens is 428 g/mol. The first-order valence-corrected chi connectivity index (χ1v) is 12.1. The Morgan fingerprint density at radius 2 is 1.62 bits per heavy atom. The average molecular weight is 457 g/mol. The first-order chi connectivity index (χ1) is 15.2. The molecule has 2 heterocycles. The highest BCUT2D eigenvalue weighted by molar-refractivity contribution is 7.89. The van der Waals surface area contributed by atoms with Crippen molar-refractivity contribution in [3.63, 3.8) is 0 Å². The maximum Gasteiger partial charge on any atom is 0.326 e. The number of hydrogen-bond acceptors (Lipinski definition) is 5. The van der Waals surface area contributed by atoms with Crippen LogP contribution in [0.3, 0.4) is 0 Å². The SMILES string of the molecule is Cc1ccc(S(=O)(=O)N2CCCN(CN3C(=O)NC(C)(c4ccccc4)C3=O)CC2)cc1. The summed E-state index contributed by atoms with van der Waals surface area (Å²) in [6.07, 6.45) is 0.616. The Labute approximate surface area is 188 Å². The Bertz CT molecular complexity index is 1100. The number of aryl methyl sites for hydroxylation is 1. The maximum atomic E-state index is 13.1. The molecule has 0 bridgehead atoms. The quantitative estimate of drug-likeness (QED) is 0.696. The van der Waals surface area contributed by atoms with Gasteiger partial charge in [0.15, 0.2) is 0 Å². The lowest BCUT2D eigenvalue weighted by molar-refractivity contribution is -0.132. The highest BCUT2D eigenvalue weighted by Gasteiger charge is 2.49. The Hall–Kier alpha value is -2.75. The van der Waals surface area contributed by atoms with Crippen LogP contribution in [0.1, 0.15) is 24.5 Å². The van der Waals surface area contributed by atoms with Gasteiger partial charge >= 0.3 is 6.03 Å². The van der Waals surface area contributed by atoms with Crippen molar-refractivity contribution in [1.82, 2.24) is 19.4 Å². The number of sulfonamides is 1. The summed E-state index contributed by atoms with van der Waals surface area (Å²) < 4.78 is 27.5. The number of nitrogens with zero attached hydrogens (tertiary/aromatic N) is 3. The van der Waals surface area contributed by atoms with E-state index in [-0.39, 0.29) is 17.5 Å². The summed E-state index contributed by atoms with van der Waals surface area (Å²) in [5.74, 6) is -0.304. The molecular formula is C23H28N4O4S. The van der Waals surface area contributed by atoms with E-state index < -0.39 is 21.6 Å². The molecule has 4 rings (SSSR count). The minimum absolute atomic E-state index is 0.130. The highest BCUT2D eigenvalue weighted by atomic mass is 32.2. The van der Waals surface area contributed by atoms with Gasteiger partial charge in [-0.3, -0.25) is 9.69 Å². The van der Waals surface area contributed by atoms with E-state index in [1.165, 1.54) is 9.21 Å². The van der Waals surface area contributed by atoms with Crippen LogP contribution in [0, 0.1) is 6.92 Å². The van der Waals surface area contributed by atoms with E-state index in [4.69, 9.17) is 0 Å². The maximum absolute atomic E-state index is 13.1. The van der Waals surface area contributed by atoms with Gasteiger partial charge in [-0.2, -0.15) is 4.31 Å². The summed E-state index contributed by atoms with van der Waals surface area (Å²) in [5.41, 5.74) is 0.625. The van der Waals surface area contributed by atoms with E-state index in [1.54, 1.807) is 31.2 Å². The second-order valence-corrected chi connectivity index (χ2v) is 10.4. The van der Waals surface area contributed by atoms with Crippen LogP contribution in [0.25, 0.3) is 0 Å². The summed E-state index contributed by atoms with van der Waals surface area (Å²) in [4.78, 5) is 29.2. The zero-order valence-electron chi connectivity index (χ0n) is 18.3. The fourth-order valence-corrected chi connectivity index (χ4v) is 5.65. The molecule has 2 aromatic rings. The van der Waals surface area contributed by atoms with Gasteiger partial charge in [0, 0.05) is 26.2 Å². The van der Waals surface area contributed by atoms with Gasteiger partial charge in [0.05, 0.1) is 11.6 Å². The highest BCUT2D eigenvalue weighted by Crippen LogP contribution is 2.29. The zero-order chi connectivity index (χ0) is 22.9. The van der Waals surface area contributed by atoms with Gasteiger partial charge < -0.3 is 5.32 Å². The standard InChI is InChI=1S/C23H28N4O4S/c1-18-9-11-20(12-10-18)32(30,31)26-14-6-13-25(15-16-26)17-27-21(28)23(2,24-22(27)29)19-7-4-3-5-8-19/h3-5,7-12H,6,13-17H2,1-2H3,(H,24,29). The van der Waals surface area contributed by atoms with Crippen LogP contribution in [0.4, 0.5) is 4.79 Å². The topological polar surface area (TPSA) is 90.0 Å². The molecule has 0 saturated carbocycles. The number of carbonyl (C=O) groups is 2. The second kappa shape index (κ2) is 8.65. The first kappa shape index (κ1) is 22.4. The van der Waals surface area contributed by atoms with Crippen molar-refractivity contribution in [3.05, 3.63) is 65.7 Å². The van der Waals surface area contributed by atoms with Crippen LogP contribution in [0.15, 0.2) is 59.5 Å². The molecule has 1 unspecified atom stereocenters. The third-order valence-electron chi connectivity index (χ3n) is 6.17. The number of urea groups is 1. The lowest BCUT2D eigenvalue weighted by Gasteiger charge is -2.26. The number of carbonyl (C=O) groups excluding carboxylic acids is 2. The van der Waals surface area contributed by atoms with Crippen LogP contribution in [-0.2, 0) is 20.4 Å². The number of nitrogens with one attached hydrogen (secondary N) is 1. The minimum Gasteiger partial charge on any atom is -0.319 e. The van der Waals surface area contributed by atoms with Crippen molar-refractivity contribution in [3.8, 4) is 0 Å². The van der Waals surface area contributed by atoms with Crippen LogP contribution in [-0.4, -0.2) is 67.3 Å². The fourth-order valence-electron chi connectivity index (χ4n) is 4.18. The monoisotopic (exact) mass is 456 g/mol. The van der Waals surface area contributed by atoms with E-state index in [9.17, 15) is 18.0 Å². The Kier molecular flexibility index (Phi) is 6.07. The molecule has 170 valence electrons. The van der Waals surface area contributed by atoms with Crippen molar-refractivity contribution >= 4 is 22.0 Å². The number of rotatable bonds is 5. The molecule has 9 heteroatoms. The van der Waals surface area contributed by atoms with Crippen LogP contribution in [0.2, 0.25) is 0 Å². The zero-order valence-corrected chi connectivity index (χ0v) is 19.1.